The molecule has 2 aromatic rings. The zero-order chi connectivity index (χ0) is 12.4. The molecule has 2 aromatic heterocycles. The van der Waals surface area contributed by atoms with Gasteiger partial charge in [-0.25, -0.2) is 0 Å². The molecule has 0 aromatic carbocycles. The molecule has 0 aliphatic carbocycles. The number of halogens is 1. The molecule has 1 aliphatic rings. The van der Waals surface area contributed by atoms with Gasteiger partial charge in [-0.1, -0.05) is 0 Å². The van der Waals surface area contributed by atoms with Crippen LogP contribution in [0.2, 0.25) is 0 Å². The van der Waals surface area contributed by atoms with Gasteiger partial charge < -0.3 is 10.1 Å². The largest absolute Gasteiger partial charge is 0.381 e. The molecule has 7 nitrogen and oxygen atoms in total. The van der Waals surface area contributed by atoms with Crippen molar-refractivity contribution in [2.45, 2.75) is 18.4 Å². The molecule has 0 radical (unpaired) electrons. The van der Waals surface area contributed by atoms with Crippen molar-refractivity contribution < 1.29 is 4.74 Å². The van der Waals surface area contributed by atoms with Gasteiger partial charge in [0.2, 0.25) is 0 Å². The average Bonchev–Trinajstić information content (AvgIpc) is 2.89. The first-order valence-electron chi connectivity index (χ1n) is 5.77. The Morgan fingerprint density at radius 2 is 2.22 bits per heavy atom. The van der Waals surface area contributed by atoms with Crippen LogP contribution in [0.5, 0.6) is 0 Å². The van der Waals surface area contributed by atoms with Gasteiger partial charge in [0.1, 0.15) is 0 Å². The molecule has 0 spiro atoms. The number of tetrazole rings is 1. The fourth-order valence-electron chi connectivity index (χ4n) is 2.09. The van der Waals surface area contributed by atoms with Gasteiger partial charge >= 0.3 is 0 Å². The molecule has 3 rings (SSSR count). The minimum atomic E-state index is -0.179. The van der Waals surface area contributed by atoms with Crippen molar-refractivity contribution in [2.75, 3.05) is 24.4 Å². The van der Waals surface area contributed by atoms with Crippen molar-refractivity contribution in [1.82, 2.24) is 25.0 Å². The molecule has 1 saturated heterocycles. The molecule has 1 fully saturated rings. The molecule has 96 valence electrons. The van der Waals surface area contributed by atoms with Crippen LogP contribution in [0.4, 0.5) is 5.82 Å². The highest BCUT2D eigenvalue weighted by molar-refractivity contribution is 6.18. The highest BCUT2D eigenvalue weighted by Gasteiger charge is 2.32. The summed E-state index contributed by atoms with van der Waals surface area (Å²) in [5.41, 5.74) is 0.429. The second kappa shape index (κ2) is 4.66. The van der Waals surface area contributed by atoms with Crippen molar-refractivity contribution in [3.05, 3.63) is 12.4 Å². The van der Waals surface area contributed by atoms with E-state index in [1.54, 1.807) is 16.9 Å². The molecule has 1 N–H and O–H groups in total. The molecule has 0 saturated carbocycles. The van der Waals surface area contributed by atoms with Crippen LogP contribution in [0, 0.1) is 0 Å². The molecule has 0 unspecified atom stereocenters. The quantitative estimate of drug-likeness (QED) is 0.827. The van der Waals surface area contributed by atoms with Crippen molar-refractivity contribution >= 4 is 23.1 Å². The second-order valence-electron chi connectivity index (χ2n) is 4.39. The minimum Gasteiger partial charge on any atom is -0.381 e. The van der Waals surface area contributed by atoms with Crippen molar-refractivity contribution in [3.63, 3.8) is 0 Å². The highest BCUT2D eigenvalue weighted by atomic mass is 35.5. The van der Waals surface area contributed by atoms with E-state index in [2.05, 4.69) is 25.8 Å². The standard InChI is InChI=1S/C10H13ClN6O/c11-7-10(1-3-18-4-2-10)13-8-5-12-6-9-14-15-16-17(8)9/h5-6,13H,1-4,7H2. The number of aromatic nitrogens is 5. The van der Waals surface area contributed by atoms with Gasteiger partial charge in [0.25, 0.3) is 0 Å². The molecular weight excluding hydrogens is 256 g/mol. The zero-order valence-electron chi connectivity index (χ0n) is 9.71. The van der Waals surface area contributed by atoms with E-state index in [0.717, 1.165) is 18.7 Å². The maximum Gasteiger partial charge on any atom is 0.199 e. The lowest BCUT2D eigenvalue weighted by Gasteiger charge is -2.36. The number of nitrogens with one attached hydrogen (secondary N) is 1. The molecule has 1 aliphatic heterocycles. The molecule has 0 atom stereocenters. The Hall–Kier alpha value is -1.47. The van der Waals surface area contributed by atoms with Gasteiger partial charge in [-0.15, -0.1) is 16.7 Å². The summed E-state index contributed by atoms with van der Waals surface area (Å²) < 4.78 is 7.00. The number of alkyl halides is 1. The van der Waals surface area contributed by atoms with Gasteiger partial charge in [-0.2, -0.15) is 4.52 Å². The van der Waals surface area contributed by atoms with E-state index < -0.39 is 0 Å². The minimum absolute atomic E-state index is 0.179. The van der Waals surface area contributed by atoms with E-state index in [0.29, 0.717) is 24.7 Å². The predicted molar refractivity (Wildman–Crippen MR) is 65.7 cm³/mol. The topological polar surface area (TPSA) is 77.2 Å². The van der Waals surface area contributed by atoms with E-state index >= 15 is 0 Å². The van der Waals surface area contributed by atoms with Gasteiger partial charge in [0, 0.05) is 19.1 Å². The maximum absolute atomic E-state index is 6.11. The Bertz CT molecular complexity index is 538. The fourth-order valence-corrected chi connectivity index (χ4v) is 2.42. The van der Waals surface area contributed by atoms with Crippen LogP contribution in [-0.4, -0.2) is 49.7 Å². The van der Waals surface area contributed by atoms with Crippen LogP contribution in [0.3, 0.4) is 0 Å². The lowest BCUT2D eigenvalue weighted by Crippen LogP contribution is -2.45. The van der Waals surface area contributed by atoms with Crippen LogP contribution in [0.15, 0.2) is 12.4 Å². The van der Waals surface area contributed by atoms with E-state index in [9.17, 15) is 0 Å². The van der Waals surface area contributed by atoms with Crippen LogP contribution >= 0.6 is 11.6 Å². The molecular formula is C10H13ClN6O. The fraction of sp³-hybridized carbons (Fsp3) is 0.600. The molecule has 8 heteroatoms. The van der Waals surface area contributed by atoms with E-state index in [4.69, 9.17) is 16.3 Å². The Morgan fingerprint density at radius 1 is 1.39 bits per heavy atom. The van der Waals surface area contributed by atoms with E-state index in [1.807, 2.05) is 0 Å². The smallest absolute Gasteiger partial charge is 0.199 e. The Labute approximate surface area is 108 Å². The van der Waals surface area contributed by atoms with E-state index in [1.165, 1.54) is 0 Å². The summed E-state index contributed by atoms with van der Waals surface area (Å²) in [5.74, 6) is 1.26. The second-order valence-corrected chi connectivity index (χ2v) is 4.66. The Morgan fingerprint density at radius 3 is 3.00 bits per heavy atom. The SMILES string of the molecule is ClCC1(Nc2cncc3nnnn23)CCOCC1. The lowest BCUT2D eigenvalue weighted by atomic mass is 9.92. The maximum atomic E-state index is 6.11. The lowest BCUT2D eigenvalue weighted by molar-refractivity contribution is 0.0666. The number of fused-ring (bicyclic) bond motifs is 1. The van der Waals surface area contributed by atoms with Crippen molar-refractivity contribution in [3.8, 4) is 0 Å². The van der Waals surface area contributed by atoms with Gasteiger partial charge in [-0.05, 0) is 23.3 Å². The third-order valence-electron chi connectivity index (χ3n) is 3.21. The summed E-state index contributed by atoms with van der Waals surface area (Å²) in [6.45, 7) is 1.41. The molecule has 0 bridgehead atoms. The van der Waals surface area contributed by atoms with Gasteiger partial charge in [0.15, 0.2) is 11.5 Å². The van der Waals surface area contributed by atoms with Crippen molar-refractivity contribution in [2.24, 2.45) is 0 Å². The Balaban J connectivity index is 1.92. The summed E-state index contributed by atoms with van der Waals surface area (Å²) in [6, 6.07) is 0. The average molecular weight is 269 g/mol. The van der Waals surface area contributed by atoms with Gasteiger partial charge in [0.05, 0.1) is 17.9 Å². The first kappa shape index (κ1) is 11.6. The van der Waals surface area contributed by atoms with Crippen LogP contribution in [0.1, 0.15) is 12.8 Å². The van der Waals surface area contributed by atoms with E-state index in [-0.39, 0.29) is 5.54 Å². The third kappa shape index (κ3) is 1.99. The van der Waals surface area contributed by atoms with Crippen LogP contribution < -0.4 is 5.32 Å². The molecule has 18 heavy (non-hydrogen) atoms. The number of anilines is 1. The first-order valence-corrected chi connectivity index (χ1v) is 6.30. The van der Waals surface area contributed by atoms with Crippen LogP contribution in [0.25, 0.3) is 5.65 Å². The summed E-state index contributed by atoms with van der Waals surface area (Å²) in [4.78, 5) is 4.12. The molecule has 0 amide bonds. The number of rotatable bonds is 3. The number of hydrogen-bond donors (Lipinski definition) is 1. The monoisotopic (exact) mass is 268 g/mol. The number of ether oxygens (including phenoxy) is 1. The van der Waals surface area contributed by atoms with Gasteiger partial charge in [-0.3, -0.25) is 4.98 Å². The third-order valence-corrected chi connectivity index (χ3v) is 3.72. The first-order chi connectivity index (χ1) is 8.83. The predicted octanol–water partition coefficient (Wildman–Crippen LogP) is 0.719. The summed E-state index contributed by atoms with van der Waals surface area (Å²) in [5, 5.41) is 14.8. The van der Waals surface area contributed by atoms with Crippen LogP contribution in [-0.2, 0) is 4.74 Å². The number of hydrogen-bond acceptors (Lipinski definition) is 6. The molecule has 3 heterocycles. The summed E-state index contributed by atoms with van der Waals surface area (Å²) in [6.07, 6.45) is 5.03. The number of nitrogens with zero attached hydrogens (tertiary/aromatic N) is 5. The summed E-state index contributed by atoms with van der Waals surface area (Å²) in [7, 11) is 0. The zero-order valence-corrected chi connectivity index (χ0v) is 10.5. The van der Waals surface area contributed by atoms with Crippen molar-refractivity contribution in [1.29, 1.82) is 0 Å². The summed E-state index contributed by atoms with van der Waals surface area (Å²) >= 11 is 6.11. The highest BCUT2D eigenvalue weighted by Crippen LogP contribution is 2.26. The Kier molecular flexibility index (Phi) is 3.00. The normalized spacial score (nSPS) is 18.9.